The van der Waals surface area contributed by atoms with Gasteiger partial charge in [0.1, 0.15) is 10.0 Å². The summed E-state index contributed by atoms with van der Waals surface area (Å²) in [6.45, 7) is 2.14. The molecule has 2 N–H and O–H groups in total. The summed E-state index contributed by atoms with van der Waals surface area (Å²) in [5.74, 6) is 0.682. The number of nitrogens with one attached hydrogen (secondary N) is 2. The molecular weight excluding hydrogens is 496 g/mol. The zero-order valence-corrected chi connectivity index (χ0v) is 21.1. The molecule has 0 saturated heterocycles. The third-order valence-electron chi connectivity index (χ3n) is 6.13. The third kappa shape index (κ3) is 5.94. The molecule has 184 valence electrons. The van der Waals surface area contributed by atoms with E-state index < -0.39 is 0 Å². The Labute approximate surface area is 215 Å². The van der Waals surface area contributed by atoms with Crippen molar-refractivity contribution >= 4 is 44.8 Å². The molecule has 4 heterocycles. The minimum Gasteiger partial charge on any atom is -0.300 e. The molecule has 0 spiro atoms. The normalized spacial score (nSPS) is 17.7. The van der Waals surface area contributed by atoms with Crippen molar-refractivity contribution in [1.29, 1.82) is 0 Å². The summed E-state index contributed by atoms with van der Waals surface area (Å²) in [7, 11) is 0. The Morgan fingerprint density at radius 2 is 1.44 bits per heavy atom. The molecule has 36 heavy (non-hydrogen) atoms. The van der Waals surface area contributed by atoms with Gasteiger partial charge in [-0.05, 0) is 43.0 Å². The maximum Gasteiger partial charge on any atom is 0.232 e. The minimum atomic E-state index is -0.160. The first-order valence-electron chi connectivity index (χ1n) is 11.6. The van der Waals surface area contributed by atoms with Gasteiger partial charge < -0.3 is 10.6 Å². The van der Waals surface area contributed by atoms with Crippen LogP contribution in [0.25, 0.3) is 0 Å². The quantitative estimate of drug-likeness (QED) is 0.340. The number of carbonyl (C=O) groups is 2. The molecule has 1 fully saturated rings. The molecule has 4 aromatic rings. The highest BCUT2D eigenvalue weighted by Crippen LogP contribution is 2.49. The highest BCUT2D eigenvalue weighted by atomic mass is 32.1. The van der Waals surface area contributed by atoms with Crippen molar-refractivity contribution < 1.29 is 9.59 Å². The Morgan fingerprint density at radius 1 is 0.861 bits per heavy atom. The summed E-state index contributed by atoms with van der Waals surface area (Å²) in [5.41, 5.74) is 1.42. The van der Waals surface area contributed by atoms with E-state index in [9.17, 15) is 9.59 Å². The van der Waals surface area contributed by atoms with Crippen molar-refractivity contribution in [1.82, 2.24) is 30.4 Å². The van der Waals surface area contributed by atoms with Gasteiger partial charge in [0.25, 0.3) is 0 Å². The smallest absolute Gasteiger partial charge is 0.232 e. The zero-order valence-electron chi connectivity index (χ0n) is 19.5. The van der Waals surface area contributed by atoms with Gasteiger partial charge in [0.15, 0.2) is 0 Å². The fourth-order valence-electron chi connectivity index (χ4n) is 4.05. The minimum absolute atomic E-state index is 0.157. The first-order valence-corrected chi connectivity index (χ1v) is 13.2. The summed E-state index contributed by atoms with van der Waals surface area (Å²) in [6.07, 6.45) is 5.68. The van der Waals surface area contributed by atoms with E-state index in [1.54, 1.807) is 12.4 Å². The standard InChI is InChI=1S/C24H24N8O2S2/c1-14(21-29-31-23(35-21)27-19(33)12-17-6-2-4-8-25-17)15-10-16(11-15)22-30-32-24(36-22)28-20(34)13-18-7-3-5-9-26-18/h2-9,14-16H,10-13H2,1H3,(H,27,31,33)(H,28,32,34)/t14?,15-,16+. The maximum atomic E-state index is 12.3. The van der Waals surface area contributed by atoms with Crippen molar-refractivity contribution in [2.75, 3.05) is 10.6 Å². The molecule has 10 nitrogen and oxygen atoms in total. The van der Waals surface area contributed by atoms with Crippen LogP contribution in [-0.2, 0) is 22.4 Å². The predicted molar refractivity (Wildman–Crippen MR) is 137 cm³/mol. The SMILES string of the molecule is CC(c1nnc(NC(=O)Cc2ccccn2)s1)[C@H]1C[C@@H](c2nnc(NC(=O)Cc3ccccn3)s2)C1. The van der Waals surface area contributed by atoms with Gasteiger partial charge in [-0.1, -0.05) is 41.7 Å². The van der Waals surface area contributed by atoms with Gasteiger partial charge in [-0.15, -0.1) is 20.4 Å². The lowest BCUT2D eigenvalue weighted by molar-refractivity contribution is -0.116. The third-order valence-corrected chi connectivity index (χ3v) is 8.17. The Bertz CT molecular complexity index is 1320. The van der Waals surface area contributed by atoms with Crippen molar-refractivity contribution in [2.24, 2.45) is 5.92 Å². The Balaban J connectivity index is 1.09. The highest BCUT2D eigenvalue weighted by Gasteiger charge is 2.38. The number of amides is 2. The average molecular weight is 521 g/mol. The zero-order chi connectivity index (χ0) is 24.9. The molecule has 0 aromatic carbocycles. The number of nitrogens with zero attached hydrogens (tertiary/aromatic N) is 6. The highest BCUT2D eigenvalue weighted by molar-refractivity contribution is 7.15. The summed E-state index contributed by atoms with van der Waals surface area (Å²) < 4.78 is 0. The number of hydrogen-bond donors (Lipinski definition) is 2. The van der Waals surface area contributed by atoms with Crippen LogP contribution in [0.5, 0.6) is 0 Å². The fraction of sp³-hybridized carbons (Fsp3) is 0.333. The summed E-state index contributed by atoms with van der Waals surface area (Å²) in [4.78, 5) is 32.9. The lowest BCUT2D eigenvalue weighted by Crippen LogP contribution is -2.26. The van der Waals surface area contributed by atoms with Crippen LogP contribution in [0, 0.1) is 5.92 Å². The molecule has 0 radical (unpaired) electrons. The number of carbonyl (C=O) groups excluding carboxylic acids is 2. The molecule has 4 aromatic heterocycles. The van der Waals surface area contributed by atoms with E-state index in [0.717, 1.165) is 22.9 Å². The van der Waals surface area contributed by atoms with Crippen LogP contribution in [0.2, 0.25) is 0 Å². The Kier molecular flexibility index (Phi) is 7.33. The Hall–Kier alpha value is -3.64. The van der Waals surface area contributed by atoms with Crippen molar-refractivity contribution in [3.8, 4) is 0 Å². The van der Waals surface area contributed by atoms with Crippen LogP contribution < -0.4 is 10.6 Å². The monoisotopic (exact) mass is 520 g/mol. The molecular formula is C24H24N8O2S2. The van der Waals surface area contributed by atoms with Gasteiger partial charge in [-0.25, -0.2) is 0 Å². The number of aromatic nitrogens is 6. The number of hydrogen-bond acceptors (Lipinski definition) is 10. The first-order chi connectivity index (χ1) is 17.5. The van der Waals surface area contributed by atoms with E-state index in [4.69, 9.17) is 0 Å². The van der Waals surface area contributed by atoms with Crippen LogP contribution in [0.3, 0.4) is 0 Å². The molecule has 1 saturated carbocycles. The predicted octanol–water partition coefficient (Wildman–Crippen LogP) is 3.84. The van der Waals surface area contributed by atoms with E-state index >= 15 is 0 Å². The van der Waals surface area contributed by atoms with Gasteiger partial charge in [0.05, 0.1) is 12.8 Å². The second-order valence-corrected chi connectivity index (χ2v) is 10.7. The average Bonchev–Trinajstić information content (AvgIpc) is 3.49. The van der Waals surface area contributed by atoms with E-state index in [2.05, 4.69) is 47.9 Å². The van der Waals surface area contributed by atoms with Crippen LogP contribution in [0.15, 0.2) is 48.8 Å². The number of pyridine rings is 2. The summed E-state index contributed by atoms with van der Waals surface area (Å²) in [5, 5.41) is 25.4. The van der Waals surface area contributed by atoms with Gasteiger partial charge >= 0.3 is 0 Å². The summed E-state index contributed by atoms with van der Waals surface area (Å²) in [6, 6.07) is 11.0. The second-order valence-electron chi connectivity index (χ2n) is 8.70. The van der Waals surface area contributed by atoms with Crippen molar-refractivity contribution in [3.05, 3.63) is 70.2 Å². The second kappa shape index (κ2) is 11.0. The summed E-state index contributed by atoms with van der Waals surface area (Å²) >= 11 is 2.84. The molecule has 0 aliphatic heterocycles. The maximum absolute atomic E-state index is 12.3. The first kappa shape index (κ1) is 24.1. The molecule has 2 amide bonds. The molecule has 1 unspecified atom stereocenters. The van der Waals surface area contributed by atoms with Gasteiger partial charge in [-0.2, -0.15) is 0 Å². The molecule has 12 heteroatoms. The lowest BCUT2D eigenvalue weighted by Gasteiger charge is -2.36. The van der Waals surface area contributed by atoms with Crippen LogP contribution >= 0.6 is 22.7 Å². The van der Waals surface area contributed by atoms with E-state index in [1.807, 2.05) is 36.4 Å². The van der Waals surface area contributed by atoms with Crippen LogP contribution in [0.4, 0.5) is 10.3 Å². The van der Waals surface area contributed by atoms with Gasteiger partial charge in [0, 0.05) is 35.6 Å². The molecule has 1 atom stereocenters. The van der Waals surface area contributed by atoms with E-state index in [-0.39, 0.29) is 30.6 Å². The van der Waals surface area contributed by atoms with Gasteiger partial charge in [0.2, 0.25) is 22.1 Å². The molecule has 5 rings (SSSR count). The van der Waals surface area contributed by atoms with Crippen LogP contribution in [0.1, 0.15) is 53.0 Å². The van der Waals surface area contributed by atoms with Crippen molar-refractivity contribution in [2.45, 2.75) is 44.4 Å². The topological polar surface area (TPSA) is 136 Å². The van der Waals surface area contributed by atoms with E-state index in [1.165, 1.54) is 22.7 Å². The molecule has 1 aliphatic carbocycles. The number of rotatable bonds is 9. The van der Waals surface area contributed by atoms with E-state index in [0.29, 0.717) is 33.5 Å². The largest absolute Gasteiger partial charge is 0.300 e. The Morgan fingerprint density at radius 3 is 2.03 bits per heavy atom. The molecule has 0 bridgehead atoms. The molecule has 1 aliphatic rings. The van der Waals surface area contributed by atoms with Gasteiger partial charge in [-0.3, -0.25) is 19.6 Å². The lowest BCUT2D eigenvalue weighted by atomic mass is 9.69. The van der Waals surface area contributed by atoms with Crippen LogP contribution in [-0.4, -0.2) is 42.2 Å². The number of anilines is 2. The fourth-order valence-corrected chi connectivity index (χ4v) is 5.84. The van der Waals surface area contributed by atoms with Crippen molar-refractivity contribution in [3.63, 3.8) is 0 Å².